The van der Waals surface area contributed by atoms with Gasteiger partial charge in [-0.1, -0.05) is 0 Å². The molecule has 0 aliphatic carbocycles. The number of aromatic nitrogens is 7. The zero-order valence-corrected chi connectivity index (χ0v) is 7.75. The standard InChI is InChI=1S/C5H4ClN7O/c1-14-5-9-3(6)8-4(10-5)13-2-7-11-12-13/h2H,1H3. The van der Waals surface area contributed by atoms with E-state index in [1.807, 2.05) is 0 Å². The third-order valence-electron chi connectivity index (χ3n) is 1.31. The summed E-state index contributed by atoms with van der Waals surface area (Å²) in [5.41, 5.74) is 0. The number of ether oxygens (including phenoxy) is 1. The normalized spacial score (nSPS) is 10.1. The predicted molar refractivity (Wildman–Crippen MR) is 44.1 cm³/mol. The number of rotatable bonds is 2. The lowest BCUT2D eigenvalue weighted by atomic mass is 10.9. The van der Waals surface area contributed by atoms with Crippen LogP contribution in [0.25, 0.3) is 5.95 Å². The van der Waals surface area contributed by atoms with Gasteiger partial charge in [0.1, 0.15) is 6.33 Å². The first-order valence-corrected chi connectivity index (χ1v) is 3.86. The summed E-state index contributed by atoms with van der Waals surface area (Å²) < 4.78 is 6.05. The van der Waals surface area contributed by atoms with Crippen molar-refractivity contribution in [3.05, 3.63) is 11.6 Å². The molecule has 2 aromatic heterocycles. The SMILES string of the molecule is COc1nc(Cl)nc(-n2cnnn2)n1. The zero-order valence-electron chi connectivity index (χ0n) is 6.99. The second-order valence-electron chi connectivity index (χ2n) is 2.15. The Hall–Kier alpha value is -1.83. The molecule has 0 amide bonds. The second kappa shape index (κ2) is 3.50. The average molecular weight is 214 g/mol. The molecule has 2 rings (SSSR count). The van der Waals surface area contributed by atoms with Crippen molar-refractivity contribution in [3.8, 4) is 12.0 Å². The molecule has 9 heteroatoms. The molecule has 0 aliphatic rings. The van der Waals surface area contributed by atoms with E-state index in [1.54, 1.807) is 0 Å². The summed E-state index contributed by atoms with van der Waals surface area (Å²) in [6, 6.07) is 0.107. The highest BCUT2D eigenvalue weighted by Crippen LogP contribution is 2.08. The van der Waals surface area contributed by atoms with Gasteiger partial charge in [0.15, 0.2) is 0 Å². The van der Waals surface area contributed by atoms with Crippen LogP contribution in [0, 0.1) is 0 Å². The molecule has 2 aromatic rings. The zero-order chi connectivity index (χ0) is 9.97. The van der Waals surface area contributed by atoms with Crippen LogP contribution in [0.15, 0.2) is 6.33 Å². The monoisotopic (exact) mass is 213 g/mol. The minimum absolute atomic E-state index is 0.0161. The summed E-state index contributed by atoms with van der Waals surface area (Å²) in [5, 5.41) is 10.5. The van der Waals surface area contributed by atoms with Gasteiger partial charge in [0.25, 0.3) is 5.95 Å². The summed E-state index contributed by atoms with van der Waals surface area (Å²) in [7, 11) is 1.43. The molecule has 0 unspecified atom stereocenters. The van der Waals surface area contributed by atoms with Crippen LogP contribution in [0.4, 0.5) is 0 Å². The molecule has 8 nitrogen and oxygen atoms in total. The summed E-state index contributed by atoms with van der Waals surface area (Å²) in [6.07, 6.45) is 1.34. The average Bonchev–Trinajstić information content (AvgIpc) is 2.69. The van der Waals surface area contributed by atoms with E-state index in [4.69, 9.17) is 16.3 Å². The van der Waals surface area contributed by atoms with E-state index < -0.39 is 0 Å². The molecule has 0 spiro atoms. The van der Waals surface area contributed by atoms with E-state index in [1.165, 1.54) is 18.1 Å². The molecule has 14 heavy (non-hydrogen) atoms. The Morgan fingerprint density at radius 3 is 2.86 bits per heavy atom. The fourth-order valence-corrected chi connectivity index (χ4v) is 0.917. The Bertz CT molecular complexity index is 430. The minimum Gasteiger partial charge on any atom is -0.467 e. The van der Waals surface area contributed by atoms with Crippen molar-refractivity contribution < 1.29 is 4.74 Å². The second-order valence-corrected chi connectivity index (χ2v) is 2.48. The van der Waals surface area contributed by atoms with Gasteiger partial charge in [-0.3, -0.25) is 0 Å². The van der Waals surface area contributed by atoms with Gasteiger partial charge in [0.2, 0.25) is 5.28 Å². The van der Waals surface area contributed by atoms with Gasteiger partial charge in [-0.15, -0.1) is 5.10 Å². The van der Waals surface area contributed by atoms with Crippen LogP contribution < -0.4 is 4.74 Å². The van der Waals surface area contributed by atoms with Crippen LogP contribution in [0.2, 0.25) is 5.28 Å². The molecular formula is C5H4ClN7O. The molecular weight excluding hydrogens is 210 g/mol. The van der Waals surface area contributed by atoms with Gasteiger partial charge in [-0.2, -0.15) is 19.6 Å². The number of halogens is 1. The van der Waals surface area contributed by atoms with Crippen LogP contribution in [0.3, 0.4) is 0 Å². The fourth-order valence-electron chi connectivity index (χ4n) is 0.769. The largest absolute Gasteiger partial charge is 0.467 e. The maximum absolute atomic E-state index is 5.62. The molecule has 0 aliphatic heterocycles. The Kier molecular flexibility index (Phi) is 2.19. The van der Waals surface area contributed by atoms with Crippen LogP contribution in [-0.2, 0) is 0 Å². The Morgan fingerprint density at radius 2 is 2.21 bits per heavy atom. The van der Waals surface area contributed by atoms with Crippen LogP contribution in [0.1, 0.15) is 0 Å². The van der Waals surface area contributed by atoms with Gasteiger partial charge >= 0.3 is 6.01 Å². The Balaban J connectivity index is 2.48. The van der Waals surface area contributed by atoms with E-state index in [2.05, 4.69) is 30.5 Å². The highest BCUT2D eigenvalue weighted by Gasteiger charge is 2.07. The van der Waals surface area contributed by atoms with Crippen molar-refractivity contribution in [1.29, 1.82) is 0 Å². The van der Waals surface area contributed by atoms with E-state index in [9.17, 15) is 0 Å². The van der Waals surface area contributed by atoms with Gasteiger partial charge < -0.3 is 4.74 Å². The topological polar surface area (TPSA) is 91.5 Å². The molecule has 0 bridgehead atoms. The van der Waals surface area contributed by atoms with E-state index in [-0.39, 0.29) is 17.2 Å². The van der Waals surface area contributed by atoms with Crippen LogP contribution in [-0.4, -0.2) is 42.3 Å². The van der Waals surface area contributed by atoms with E-state index >= 15 is 0 Å². The lowest BCUT2D eigenvalue weighted by Gasteiger charge is -2.00. The Morgan fingerprint density at radius 1 is 1.36 bits per heavy atom. The molecule has 0 fully saturated rings. The van der Waals surface area contributed by atoms with Crippen LogP contribution in [0.5, 0.6) is 6.01 Å². The number of nitrogens with zero attached hydrogens (tertiary/aromatic N) is 7. The van der Waals surface area contributed by atoms with Crippen molar-refractivity contribution in [3.63, 3.8) is 0 Å². The van der Waals surface area contributed by atoms with Crippen molar-refractivity contribution in [2.75, 3.05) is 7.11 Å². The van der Waals surface area contributed by atoms with Crippen molar-refractivity contribution in [2.24, 2.45) is 0 Å². The van der Waals surface area contributed by atoms with Crippen molar-refractivity contribution in [1.82, 2.24) is 35.2 Å². The molecule has 2 heterocycles. The van der Waals surface area contributed by atoms with Crippen molar-refractivity contribution in [2.45, 2.75) is 0 Å². The molecule has 0 radical (unpaired) electrons. The van der Waals surface area contributed by atoms with Gasteiger partial charge in [0.05, 0.1) is 7.11 Å². The Labute approximate surface area is 82.9 Å². The fraction of sp³-hybridized carbons (Fsp3) is 0.200. The summed E-state index contributed by atoms with van der Waals surface area (Å²) in [5.74, 6) is 0.201. The lowest BCUT2D eigenvalue weighted by molar-refractivity contribution is 0.376. The van der Waals surface area contributed by atoms with Crippen molar-refractivity contribution >= 4 is 11.6 Å². The predicted octanol–water partition coefficient (Wildman–Crippen LogP) is -0.491. The molecule has 0 N–H and O–H groups in total. The third kappa shape index (κ3) is 1.59. The number of tetrazole rings is 1. The molecule has 0 atom stereocenters. The van der Waals surface area contributed by atoms with E-state index in [0.29, 0.717) is 0 Å². The minimum atomic E-state index is 0.0161. The first kappa shape index (κ1) is 8.75. The first-order valence-electron chi connectivity index (χ1n) is 3.48. The molecule has 0 saturated carbocycles. The first-order chi connectivity index (χ1) is 6.79. The molecule has 0 saturated heterocycles. The van der Waals surface area contributed by atoms with Crippen LogP contribution >= 0.6 is 11.6 Å². The summed E-state index contributed by atoms with van der Waals surface area (Å²) in [4.78, 5) is 11.4. The smallest absolute Gasteiger partial charge is 0.322 e. The van der Waals surface area contributed by atoms with Gasteiger partial charge in [-0.25, -0.2) is 0 Å². The van der Waals surface area contributed by atoms with Gasteiger partial charge in [-0.05, 0) is 22.0 Å². The number of methoxy groups -OCH3 is 1. The molecule has 0 aromatic carbocycles. The van der Waals surface area contributed by atoms with E-state index in [0.717, 1.165) is 0 Å². The number of hydrogen-bond acceptors (Lipinski definition) is 7. The van der Waals surface area contributed by atoms with Gasteiger partial charge in [0, 0.05) is 0 Å². The molecule has 72 valence electrons. The summed E-state index contributed by atoms with van der Waals surface area (Å²) >= 11 is 5.62. The lowest BCUT2D eigenvalue weighted by Crippen LogP contribution is -2.05. The summed E-state index contributed by atoms with van der Waals surface area (Å²) in [6.45, 7) is 0. The highest BCUT2D eigenvalue weighted by molar-refractivity contribution is 6.28. The number of hydrogen-bond donors (Lipinski definition) is 0. The highest BCUT2D eigenvalue weighted by atomic mass is 35.5. The maximum atomic E-state index is 5.62. The maximum Gasteiger partial charge on any atom is 0.322 e. The quantitative estimate of drug-likeness (QED) is 0.665. The third-order valence-corrected chi connectivity index (χ3v) is 1.48.